The molecule has 0 aromatic heterocycles. The van der Waals surface area contributed by atoms with E-state index in [1.54, 1.807) is 31.2 Å². The number of sulfonamides is 1. The molecule has 1 aromatic rings. The summed E-state index contributed by atoms with van der Waals surface area (Å²) in [5.74, 6) is -0.534. The molecule has 1 aliphatic heterocycles. The highest BCUT2D eigenvalue weighted by Crippen LogP contribution is 2.23. The molecule has 0 aliphatic carbocycles. The van der Waals surface area contributed by atoms with E-state index in [4.69, 9.17) is 5.53 Å². The number of carbonyl (C=O) groups excluding carboxylic acids is 1. The average Bonchev–Trinajstić information content (AvgIpc) is 2.62. The predicted molar refractivity (Wildman–Crippen MR) is 81.7 cm³/mol. The third-order valence-electron chi connectivity index (χ3n) is 3.85. The Balaban J connectivity index is 2.35. The summed E-state index contributed by atoms with van der Waals surface area (Å²) in [6, 6.07) is 5.57. The van der Waals surface area contributed by atoms with Gasteiger partial charge in [0.05, 0.1) is 4.90 Å². The molecule has 1 fully saturated rings. The van der Waals surface area contributed by atoms with E-state index >= 15 is 0 Å². The van der Waals surface area contributed by atoms with Gasteiger partial charge in [0.15, 0.2) is 0 Å². The molecule has 1 aliphatic rings. The van der Waals surface area contributed by atoms with Crippen molar-refractivity contribution in [2.45, 2.75) is 31.2 Å². The first-order valence-corrected chi connectivity index (χ1v) is 8.45. The van der Waals surface area contributed by atoms with Gasteiger partial charge in [-0.3, -0.25) is 4.79 Å². The Morgan fingerprint density at radius 3 is 2.55 bits per heavy atom. The maximum atomic E-state index is 12.7. The van der Waals surface area contributed by atoms with E-state index in [2.05, 4.69) is 10.0 Å². The zero-order valence-electron chi connectivity index (χ0n) is 12.5. The average molecular weight is 322 g/mol. The van der Waals surface area contributed by atoms with Crippen molar-refractivity contribution in [3.63, 3.8) is 0 Å². The highest BCUT2D eigenvalue weighted by Gasteiger charge is 2.35. The molecular weight excluding hydrogens is 304 g/mol. The summed E-state index contributed by atoms with van der Waals surface area (Å²) in [7, 11) is -3.70. The van der Waals surface area contributed by atoms with E-state index in [1.807, 2.05) is 6.92 Å². The number of azide groups is 1. The van der Waals surface area contributed by atoms with Crippen LogP contribution in [-0.4, -0.2) is 37.6 Å². The second-order valence-corrected chi connectivity index (χ2v) is 7.43. The topological polar surface area (TPSA) is 103 Å². The van der Waals surface area contributed by atoms with Gasteiger partial charge < -0.3 is 0 Å². The predicted octanol–water partition coefficient (Wildman–Crippen LogP) is 2.27. The molecule has 118 valence electrons. The zero-order valence-corrected chi connectivity index (χ0v) is 13.3. The minimum atomic E-state index is -3.70. The van der Waals surface area contributed by atoms with Crippen molar-refractivity contribution in [2.75, 3.05) is 13.1 Å². The standard InChI is InChI=1S/C14H18N4O3S/c1-10-3-5-12(6-4-10)22(20,21)18-8-7-11(2)14(19)13(9-18)16-17-15/h3-6,11,13H,7-9H2,1-2H3. The van der Waals surface area contributed by atoms with Gasteiger partial charge in [-0.15, -0.1) is 0 Å². The number of ketones is 1. The lowest BCUT2D eigenvalue weighted by Gasteiger charge is -2.21. The molecule has 0 N–H and O–H groups in total. The first-order chi connectivity index (χ1) is 10.4. The third kappa shape index (κ3) is 3.30. The summed E-state index contributed by atoms with van der Waals surface area (Å²) >= 11 is 0. The van der Waals surface area contributed by atoms with Gasteiger partial charge in [-0.05, 0) is 31.0 Å². The molecular formula is C14H18N4O3S. The maximum Gasteiger partial charge on any atom is 0.243 e. The molecule has 0 spiro atoms. The summed E-state index contributed by atoms with van der Waals surface area (Å²) in [5.41, 5.74) is 9.55. The second kappa shape index (κ2) is 6.48. The number of Topliss-reactive ketones (excluding diaryl/α,β-unsaturated/α-hetero) is 1. The summed E-state index contributed by atoms with van der Waals surface area (Å²) < 4.78 is 26.6. The maximum absolute atomic E-state index is 12.7. The van der Waals surface area contributed by atoms with Crippen molar-refractivity contribution >= 4 is 15.8 Å². The molecule has 22 heavy (non-hydrogen) atoms. The van der Waals surface area contributed by atoms with Crippen LogP contribution in [0.3, 0.4) is 0 Å². The number of benzene rings is 1. The third-order valence-corrected chi connectivity index (χ3v) is 5.73. The molecule has 1 heterocycles. The monoisotopic (exact) mass is 322 g/mol. The number of hydrogen-bond donors (Lipinski definition) is 0. The molecule has 0 amide bonds. The van der Waals surface area contributed by atoms with Gasteiger partial charge in [0, 0.05) is 23.9 Å². The van der Waals surface area contributed by atoms with Gasteiger partial charge in [-0.2, -0.15) is 4.31 Å². The van der Waals surface area contributed by atoms with Gasteiger partial charge in [-0.25, -0.2) is 8.42 Å². The molecule has 8 heteroatoms. The van der Waals surface area contributed by atoms with E-state index in [0.29, 0.717) is 6.42 Å². The van der Waals surface area contributed by atoms with Crippen LogP contribution < -0.4 is 0 Å². The van der Waals surface area contributed by atoms with Crippen LogP contribution in [0.1, 0.15) is 18.9 Å². The highest BCUT2D eigenvalue weighted by molar-refractivity contribution is 7.89. The Morgan fingerprint density at radius 2 is 1.95 bits per heavy atom. The van der Waals surface area contributed by atoms with Crippen LogP contribution in [0.4, 0.5) is 0 Å². The van der Waals surface area contributed by atoms with Crippen LogP contribution in [0.5, 0.6) is 0 Å². The molecule has 2 atom stereocenters. The lowest BCUT2D eigenvalue weighted by atomic mass is 9.99. The molecule has 1 aromatic carbocycles. The second-order valence-electron chi connectivity index (χ2n) is 5.49. The van der Waals surface area contributed by atoms with Crippen molar-refractivity contribution < 1.29 is 13.2 Å². The fraction of sp³-hybridized carbons (Fsp3) is 0.500. The summed E-state index contributed by atoms with van der Waals surface area (Å²) in [6.45, 7) is 3.73. The van der Waals surface area contributed by atoms with Gasteiger partial charge in [0.25, 0.3) is 0 Å². The fourth-order valence-electron chi connectivity index (χ4n) is 2.42. The first kappa shape index (κ1) is 16.5. The normalized spacial score (nSPS) is 23.6. The molecule has 0 radical (unpaired) electrons. The van der Waals surface area contributed by atoms with Crippen molar-refractivity contribution in [3.05, 3.63) is 40.3 Å². The molecule has 1 saturated heterocycles. The summed E-state index contributed by atoms with van der Waals surface area (Å²) in [6.07, 6.45) is 0.418. The Labute approximate surface area is 129 Å². The van der Waals surface area contributed by atoms with Crippen molar-refractivity contribution in [3.8, 4) is 0 Å². The van der Waals surface area contributed by atoms with E-state index in [-0.39, 0.29) is 29.7 Å². The van der Waals surface area contributed by atoms with Gasteiger partial charge >= 0.3 is 0 Å². The lowest BCUT2D eigenvalue weighted by molar-refractivity contribution is -0.123. The van der Waals surface area contributed by atoms with Gasteiger partial charge in [-0.1, -0.05) is 29.7 Å². The lowest BCUT2D eigenvalue weighted by Crippen LogP contribution is -2.37. The molecule has 0 bridgehead atoms. The van der Waals surface area contributed by atoms with E-state index in [9.17, 15) is 13.2 Å². The van der Waals surface area contributed by atoms with Gasteiger partial charge in [0.2, 0.25) is 10.0 Å². The largest absolute Gasteiger partial charge is 0.299 e. The molecule has 7 nitrogen and oxygen atoms in total. The van der Waals surface area contributed by atoms with E-state index in [0.717, 1.165) is 5.56 Å². The van der Waals surface area contributed by atoms with Crippen LogP contribution >= 0.6 is 0 Å². The van der Waals surface area contributed by atoms with E-state index in [1.165, 1.54) is 4.31 Å². The van der Waals surface area contributed by atoms with Crippen molar-refractivity contribution in [2.24, 2.45) is 11.0 Å². The Bertz CT molecular complexity index is 708. The summed E-state index contributed by atoms with van der Waals surface area (Å²) in [4.78, 5) is 15.0. The van der Waals surface area contributed by atoms with Crippen LogP contribution in [-0.2, 0) is 14.8 Å². The van der Waals surface area contributed by atoms with Crippen LogP contribution in [0.25, 0.3) is 10.4 Å². The number of nitrogens with zero attached hydrogens (tertiary/aromatic N) is 4. The quantitative estimate of drug-likeness (QED) is 0.484. The SMILES string of the molecule is Cc1ccc(S(=O)(=O)N2CCC(C)C(=O)C(N=[N+]=[N-])C2)cc1. The first-order valence-electron chi connectivity index (χ1n) is 7.01. The van der Waals surface area contributed by atoms with Crippen LogP contribution in [0, 0.1) is 12.8 Å². The fourth-order valence-corrected chi connectivity index (χ4v) is 3.88. The zero-order chi connectivity index (χ0) is 16.3. The smallest absolute Gasteiger partial charge is 0.243 e. The highest BCUT2D eigenvalue weighted by atomic mass is 32.2. The minimum Gasteiger partial charge on any atom is -0.299 e. The van der Waals surface area contributed by atoms with Crippen LogP contribution in [0.2, 0.25) is 0 Å². The Morgan fingerprint density at radius 1 is 1.32 bits per heavy atom. The molecule has 2 unspecified atom stereocenters. The van der Waals surface area contributed by atoms with Crippen LogP contribution in [0.15, 0.2) is 34.3 Å². The van der Waals surface area contributed by atoms with E-state index < -0.39 is 16.1 Å². The number of hydrogen-bond acceptors (Lipinski definition) is 4. The molecule has 0 saturated carbocycles. The van der Waals surface area contributed by atoms with Crippen molar-refractivity contribution in [1.82, 2.24) is 4.31 Å². The Hall–Kier alpha value is -1.89. The Kier molecular flexibility index (Phi) is 4.85. The van der Waals surface area contributed by atoms with Crippen molar-refractivity contribution in [1.29, 1.82) is 0 Å². The molecule has 2 rings (SSSR count). The van der Waals surface area contributed by atoms with Gasteiger partial charge in [0.1, 0.15) is 11.8 Å². The number of aryl methyl sites for hydroxylation is 1. The minimum absolute atomic E-state index is 0.108. The number of rotatable bonds is 3. The number of carbonyl (C=O) groups is 1. The summed E-state index contributed by atoms with van der Waals surface area (Å²) in [5, 5.41) is 3.47.